The minimum Gasteiger partial charge on any atom is -0.493 e. The summed E-state index contributed by atoms with van der Waals surface area (Å²) in [6.07, 6.45) is 3.45. The Kier molecular flexibility index (Phi) is 4.97. The zero-order valence-corrected chi connectivity index (χ0v) is 14.3. The first-order valence-electron chi connectivity index (χ1n) is 7.44. The van der Waals surface area contributed by atoms with Crippen LogP contribution in [-0.4, -0.2) is 11.0 Å². The van der Waals surface area contributed by atoms with Crippen LogP contribution in [0.4, 0.5) is 0 Å². The topological polar surface area (TPSA) is 39.4 Å². The van der Waals surface area contributed by atoms with E-state index in [1.54, 1.807) is 12.1 Å². The standard InChI is InChI=1S/C18H17IO3/c19-10-4-1-5-11-21-13-8-9-15-17(12-13)22-16-7-3-2-6-14(16)18(15)20/h2-3,6-9,12H,1,4-5,10-11H2. The summed E-state index contributed by atoms with van der Waals surface area (Å²) in [6, 6.07) is 12.7. The number of unbranched alkanes of at least 4 members (excludes halogenated alkanes) is 2. The Morgan fingerprint density at radius 2 is 1.77 bits per heavy atom. The van der Waals surface area contributed by atoms with E-state index in [0.29, 0.717) is 28.5 Å². The van der Waals surface area contributed by atoms with Crippen molar-refractivity contribution in [2.45, 2.75) is 19.3 Å². The van der Waals surface area contributed by atoms with Gasteiger partial charge in [0.2, 0.25) is 5.43 Å². The molecule has 1 heterocycles. The number of halogens is 1. The second-order valence-electron chi connectivity index (χ2n) is 5.18. The van der Waals surface area contributed by atoms with Gasteiger partial charge in [-0.05, 0) is 48.0 Å². The van der Waals surface area contributed by atoms with E-state index in [2.05, 4.69) is 22.6 Å². The van der Waals surface area contributed by atoms with Crippen molar-refractivity contribution >= 4 is 44.5 Å². The molecule has 3 aromatic rings. The number of benzene rings is 2. The molecule has 0 fully saturated rings. The molecule has 0 aliphatic heterocycles. The molecule has 3 rings (SSSR count). The number of ether oxygens (including phenoxy) is 1. The van der Waals surface area contributed by atoms with Crippen LogP contribution < -0.4 is 10.2 Å². The van der Waals surface area contributed by atoms with Crippen molar-refractivity contribution < 1.29 is 9.15 Å². The quantitative estimate of drug-likeness (QED) is 0.251. The summed E-state index contributed by atoms with van der Waals surface area (Å²) in [5, 5.41) is 1.21. The Morgan fingerprint density at radius 3 is 2.64 bits per heavy atom. The van der Waals surface area contributed by atoms with Crippen molar-refractivity contribution in [1.29, 1.82) is 0 Å². The summed E-state index contributed by atoms with van der Waals surface area (Å²) in [4.78, 5) is 12.4. The highest BCUT2D eigenvalue weighted by Crippen LogP contribution is 2.23. The summed E-state index contributed by atoms with van der Waals surface area (Å²) in [6.45, 7) is 0.694. The third kappa shape index (κ3) is 3.27. The smallest absolute Gasteiger partial charge is 0.200 e. The van der Waals surface area contributed by atoms with Gasteiger partial charge in [-0.2, -0.15) is 0 Å². The molecule has 4 heteroatoms. The minimum atomic E-state index is 0.00504. The molecule has 1 aromatic heterocycles. The fourth-order valence-electron chi connectivity index (χ4n) is 2.43. The van der Waals surface area contributed by atoms with Gasteiger partial charge in [-0.15, -0.1) is 0 Å². The average Bonchev–Trinajstić information content (AvgIpc) is 2.55. The van der Waals surface area contributed by atoms with Crippen molar-refractivity contribution in [1.82, 2.24) is 0 Å². The van der Waals surface area contributed by atoms with E-state index < -0.39 is 0 Å². The van der Waals surface area contributed by atoms with E-state index >= 15 is 0 Å². The summed E-state index contributed by atoms with van der Waals surface area (Å²) in [7, 11) is 0. The summed E-state index contributed by atoms with van der Waals surface area (Å²) < 4.78 is 12.8. The summed E-state index contributed by atoms with van der Waals surface area (Å²) in [5.41, 5.74) is 1.19. The zero-order valence-electron chi connectivity index (χ0n) is 12.2. The molecule has 3 nitrogen and oxygen atoms in total. The van der Waals surface area contributed by atoms with E-state index in [9.17, 15) is 4.79 Å². The minimum absolute atomic E-state index is 0.00504. The first-order chi connectivity index (χ1) is 10.8. The molecular weight excluding hydrogens is 391 g/mol. The number of hydrogen-bond donors (Lipinski definition) is 0. The van der Waals surface area contributed by atoms with Crippen LogP contribution in [0.5, 0.6) is 5.75 Å². The van der Waals surface area contributed by atoms with Crippen LogP contribution in [0, 0.1) is 0 Å². The molecule has 0 N–H and O–H groups in total. The van der Waals surface area contributed by atoms with Gasteiger partial charge in [0.25, 0.3) is 0 Å². The van der Waals surface area contributed by atoms with Gasteiger partial charge in [-0.1, -0.05) is 34.7 Å². The van der Waals surface area contributed by atoms with Crippen molar-refractivity contribution in [3.8, 4) is 5.75 Å². The number of fused-ring (bicyclic) bond motifs is 2. The van der Waals surface area contributed by atoms with E-state index in [1.807, 2.05) is 30.3 Å². The van der Waals surface area contributed by atoms with Gasteiger partial charge in [0.05, 0.1) is 17.4 Å². The third-order valence-corrected chi connectivity index (χ3v) is 4.36. The van der Waals surface area contributed by atoms with Crippen molar-refractivity contribution in [3.63, 3.8) is 0 Å². The monoisotopic (exact) mass is 408 g/mol. The van der Waals surface area contributed by atoms with Crippen LogP contribution in [0.1, 0.15) is 19.3 Å². The number of rotatable bonds is 6. The molecule has 0 radical (unpaired) electrons. The zero-order chi connectivity index (χ0) is 15.4. The van der Waals surface area contributed by atoms with Crippen LogP contribution in [0.15, 0.2) is 51.7 Å². The van der Waals surface area contributed by atoms with Crippen molar-refractivity contribution in [3.05, 3.63) is 52.7 Å². The third-order valence-electron chi connectivity index (χ3n) is 3.60. The highest BCUT2D eigenvalue weighted by atomic mass is 127. The molecule has 0 atom stereocenters. The molecule has 0 aliphatic carbocycles. The maximum atomic E-state index is 12.4. The molecular formula is C18H17IO3. The first-order valence-corrected chi connectivity index (χ1v) is 8.96. The molecule has 0 amide bonds. The molecule has 0 saturated heterocycles. The molecule has 0 aliphatic rings. The van der Waals surface area contributed by atoms with Gasteiger partial charge in [0.1, 0.15) is 16.9 Å². The van der Waals surface area contributed by atoms with Gasteiger partial charge in [-0.3, -0.25) is 4.79 Å². The average molecular weight is 408 g/mol. The Labute approximate surface area is 142 Å². The van der Waals surface area contributed by atoms with Crippen LogP contribution in [-0.2, 0) is 0 Å². The van der Waals surface area contributed by atoms with E-state index in [4.69, 9.17) is 9.15 Å². The first kappa shape index (κ1) is 15.3. The van der Waals surface area contributed by atoms with Gasteiger partial charge in [0, 0.05) is 6.07 Å². The van der Waals surface area contributed by atoms with Crippen molar-refractivity contribution in [2.75, 3.05) is 11.0 Å². The Morgan fingerprint density at radius 1 is 0.955 bits per heavy atom. The molecule has 114 valence electrons. The van der Waals surface area contributed by atoms with Crippen molar-refractivity contribution in [2.24, 2.45) is 0 Å². The maximum absolute atomic E-state index is 12.4. The Bertz CT molecular complexity index is 838. The number of alkyl halides is 1. The lowest BCUT2D eigenvalue weighted by Crippen LogP contribution is -2.02. The highest BCUT2D eigenvalue weighted by Gasteiger charge is 2.08. The largest absolute Gasteiger partial charge is 0.493 e. The number of hydrogen-bond acceptors (Lipinski definition) is 3. The highest BCUT2D eigenvalue weighted by molar-refractivity contribution is 14.1. The van der Waals surface area contributed by atoms with E-state index in [-0.39, 0.29) is 5.43 Å². The lowest BCUT2D eigenvalue weighted by atomic mass is 10.1. The van der Waals surface area contributed by atoms with Gasteiger partial charge in [0.15, 0.2) is 0 Å². The predicted octanol–water partition coefficient (Wildman–Crippen LogP) is 4.93. The second-order valence-corrected chi connectivity index (χ2v) is 6.26. The Balaban J connectivity index is 1.86. The second kappa shape index (κ2) is 7.13. The van der Waals surface area contributed by atoms with Gasteiger partial charge >= 0.3 is 0 Å². The van der Waals surface area contributed by atoms with Gasteiger partial charge < -0.3 is 9.15 Å². The molecule has 2 aromatic carbocycles. The van der Waals surface area contributed by atoms with Gasteiger partial charge in [-0.25, -0.2) is 0 Å². The Hall–Kier alpha value is -1.56. The van der Waals surface area contributed by atoms with Crippen LogP contribution >= 0.6 is 22.6 Å². The lowest BCUT2D eigenvalue weighted by molar-refractivity contribution is 0.306. The maximum Gasteiger partial charge on any atom is 0.200 e. The molecule has 0 saturated carbocycles. The summed E-state index contributed by atoms with van der Waals surface area (Å²) >= 11 is 2.39. The van der Waals surface area contributed by atoms with Crippen LogP contribution in [0.2, 0.25) is 0 Å². The SMILES string of the molecule is O=c1c2ccccc2oc2cc(OCCCCCI)ccc12. The van der Waals surface area contributed by atoms with Crippen LogP contribution in [0.25, 0.3) is 21.9 Å². The fraction of sp³-hybridized carbons (Fsp3) is 0.278. The molecule has 0 spiro atoms. The normalized spacial score (nSPS) is 11.1. The summed E-state index contributed by atoms with van der Waals surface area (Å²) in [5.74, 6) is 0.750. The fourth-order valence-corrected chi connectivity index (χ4v) is 2.97. The lowest BCUT2D eigenvalue weighted by Gasteiger charge is -2.07. The predicted molar refractivity (Wildman–Crippen MR) is 98.2 cm³/mol. The van der Waals surface area contributed by atoms with Crippen LogP contribution in [0.3, 0.4) is 0 Å². The number of para-hydroxylation sites is 1. The van der Waals surface area contributed by atoms with E-state index in [1.165, 1.54) is 17.3 Å². The molecule has 22 heavy (non-hydrogen) atoms. The van der Waals surface area contributed by atoms with E-state index in [0.717, 1.165) is 12.2 Å². The molecule has 0 unspecified atom stereocenters. The molecule has 0 bridgehead atoms.